The highest BCUT2D eigenvalue weighted by molar-refractivity contribution is 5.89. The number of esters is 1. The van der Waals surface area contributed by atoms with Crippen molar-refractivity contribution in [3.8, 4) is 5.75 Å². The fourth-order valence-electron chi connectivity index (χ4n) is 4.77. The van der Waals surface area contributed by atoms with Gasteiger partial charge in [0.05, 0.1) is 20.1 Å². The van der Waals surface area contributed by atoms with Crippen LogP contribution in [0.2, 0.25) is 0 Å². The number of amides is 2. The van der Waals surface area contributed by atoms with Gasteiger partial charge in [-0.15, -0.1) is 0 Å². The first-order valence-electron chi connectivity index (χ1n) is 15.1. The van der Waals surface area contributed by atoms with Gasteiger partial charge in [-0.2, -0.15) is 0 Å². The maximum absolute atomic E-state index is 12.2. The number of likely N-dealkylation sites (tertiary alicyclic amines) is 1. The summed E-state index contributed by atoms with van der Waals surface area (Å²) in [5.41, 5.74) is 5.49. The Kier molecular flexibility index (Phi) is 17.9. The largest absolute Gasteiger partial charge is 0.508 e. The quantitative estimate of drug-likeness (QED) is 0.136. The van der Waals surface area contributed by atoms with Gasteiger partial charge >= 0.3 is 5.97 Å². The van der Waals surface area contributed by atoms with Gasteiger partial charge in [0.2, 0.25) is 11.8 Å². The van der Waals surface area contributed by atoms with Crippen molar-refractivity contribution < 1.29 is 38.9 Å². The first-order chi connectivity index (χ1) is 20.4. The minimum atomic E-state index is -0.560. The predicted octanol–water partition coefficient (Wildman–Crippen LogP) is 3.03. The van der Waals surface area contributed by atoms with Crippen molar-refractivity contribution in [2.75, 3.05) is 33.4 Å². The van der Waals surface area contributed by atoms with Crippen LogP contribution in [0, 0.1) is 5.92 Å². The number of aliphatic hydroxyl groups excluding tert-OH is 1. The molecule has 242 valence electrons. The van der Waals surface area contributed by atoms with Crippen molar-refractivity contribution in [3.05, 3.63) is 35.6 Å². The van der Waals surface area contributed by atoms with Crippen LogP contribution in [0.15, 0.2) is 30.0 Å². The molecule has 1 aliphatic carbocycles. The second-order valence-corrected chi connectivity index (χ2v) is 11.6. The fourth-order valence-corrected chi connectivity index (χ4v) is 4.77. The van der Waals surface area contributed by atoms with Crippen molar-refractivity contribution in [2.45, 2.75) is 96.6 Å². The minimum Gasteiger partial charge on any atom is -0.508 e. The number of methoxy groups -OCH3 is 1. The molecule has 0 bridgehead atoms. The average molecular weight is 606 g/mol. The molecule has 43 heavy (non-hydrogen) atoms. The van der Waals surface area contributed by atoms with Gasteiger partial charge in [0.1, 0.15) is 17.4 Å². The third-order valence-corrected chi connectivity index (χ3v) is 6.86. The summed E-state index contributed by atoms with van der Waals surface area (Å²) in [6.45, 7) is 7.19. The SMILES string of the molecule is CC(C)(C)OC(=C=O)C1CCCCC1.COC(=O)C1CCCN1C(=O)CNC(=O)Cc1cccc(O)c1.NCCCCO. The summed E-state index contributed by atoms with van der Waals surface area (Å²) in [7, 11) is 1.29. The van der Waals surface area contributed by atoms with Crippen LogP contribution in [-0.2, 0) is 35.1 Å². The zero-order chi connectivity index (χ0) is 32.3. The number of nitrogens with zero attached hydrogens (tertiary/aromatic N) is 1. The molecule has 0 radical (unpaired) electrons. The Bertz CT molecular complexity index is 1040. The average Bonchev–Trinajstić information content (AvgIpc) is 3.48. The molecule has 2 amide bonds. The number of nitrogens with one attached hydrogen (secondary N) is 1. The van der Waals surface area contributed by atoms with Crippen LogP contribution in [0.5, 0.6) is 5.75 Å². The molecule has 1 saturated heterocycles. The van der Waals surface area contributed by atoms with Crippen molar-refractivity contribution >= 4 is 23.7 Å². The fraction of sp³-hybridized carbons (Fsp3) is 0.656. The Morgan fingerprint density at radius 1 is 1.09 bits per heavy atom. The van der Waals surface area contributed by atoms with Crippen molar-refractivity contribution in [1.82, 2.24) is 10.2 Å². The van der Waals surface area contributed by atoms with Gasteiger partial charge in [-0.05, 0) is 83.5 Å². The van der Waals surface area contributed by atoms with Gasteiger partial charge < -0.3 is 35.6 Å². The van der Waals surface area contributed by atoms with Crippen molar-refractivity contribution in [2.24, 2.45) is 11.7 Å². The molecule has 1 unspecified atom stereocenters. The number of hydrogen-bond acceptors (Lipinski definition) is 9. The first kappa shape index (κ1) is 37.6. The molecule has 3 rings (SSSR count). The third-order valence-electron chi connectivity index (χ3n) is 6.86. The number of aliphatic hydroxyl groups is 1. The number of phenolic OH excluding ortho intramolecular Hbond substituents is 1. The van der Waals surface area contributed by atoms with E-state index < -0.39 is 12.0 Å². The Morgan fingerprint density at radius 2 is 1.79 bits per heavy atom. The number of ether oxygens (including phenoxy) is 2. The number of hydrogen-bond donors (Lipinski definition) is 4. The van der Waals surface area contributed by atoms with Crippen LogP contribution in [0.3, 0.4) is 0 Å². The normalized spacial score (nSPS) is 16.4. The second kappa shape index (κ2) is 20.5. The number of nitrogens with two attached hydrogens (primary N) is 1. The highest BCUT2D eigenvalue weighted by Gasteiger charge is 2.34. The molecule has 1 aromatic carbocycles. The van der Waals surface area contributed by atoms with Crippen LogP contribution in [0.1, 0.15) is 84.1 Å². The Labute approximate surface area is 255 Å². The summed E-state index contributed by atoms with van der Waals surface area (Å²) in [4.78, 5) is 47.9. The Morgan fingerprint density at radius 3 is 2.33 bits per heavy atom. The number of unbranched alkanes of at least 4 members (excludes halogenated alkanes) is 1. The van der Waals surface area contributed by atoms with Gasteiger partial charge in [-0.3, -0.25) is 9.59 Å². The topological polar surface area (TPSA) is 168 Å². The summed E-state index contributed by atoms with van der Waals surface area (Å²) in [5, 5.41) is 20.0. The minimum absolute atomic E-state index is 0.0715. The molecule has 1 saturated carbocycles. The summed E-state index contributed by atoms with van der Waals surface area (Å²) < 4.78 is 10.3. The molecule has 1 aromatic rings. The van der Waals surface area contributed by atoms with Crippen LogP contribution in [-0.4, -0.2) is 83.8 Å². The Balaban J connectivity index is 0.000000391. The lowest BCUT2D eigenvalue weighted by molar-refractivity contribution is -0.150. The smallest absolute Gasteiger partial charge is 0.328 e. The van der Waals surface area contributed by atoms with E-state index in [0.717, 1.165) is 32.1 Å². The monoisotopic (exact) mass is 605 g/mol. The van der Waals surface area contributed by atoms with Crippen LogP contribution < -0.4 is 11.1 Å². The van der Waals surface area contributed by atoms with Crippen LogP contribution in [0.25, 0.3) is 0 Å². The van der Waals surface area contributed by atoms with E-state index in [1.807, 2.05) is 26.7 Å². The summed E-state index contributed by atoms with van der Waals surface area (Å²) in [6.07, 6.45) is 9.06. The van der Waals surface area contributed by atoms with Gasteiger partial charge in [0.15, 0.2) is 11.7 Å². The zero-order valence-corrected chi connectivity index (χ0v) is 26.2. The number of aromatic hydroxyl groups is 1. The highest BCUT2D eigenvalue weighted by atomic mass is 16.5. The van der Waals surface area contributed by atoms with E-state index in [0.29, 0.717) is 36.8 Å². The van der Waals surface area contributed by atoms with E-state index in [4.69, 9.17) is 15.6 Å². The predicted molar refractivity (Wildman–Crippen MR) is 164 cm³/mol. The number of allylic oxidation sites excluding steroid dienone is 1. The molecule has 2 aliphatic rings. The van der Waals surface area contributed by atoms with E-state index in [2.05, 4.69) is 10.1 Å². The number of carbonyl (C=O) groups excluding carboxylic acids is 4. The number of phenols is 1. The van der Waals surface area contributed by atoms with Gasteiger partial charge in [-0.25, -0.2) is 9.59 Å². The number of benzene rings is 1. The summed E-state index contributed by atoms with van der Waals surface area (Å²) in [6, 6.07) is 5.82. The van der Waals surface area contributed by atoms with Crippen molar-refractivity contribution in [1.29, 1.82) is 0 Å². The number of carbonyl (C=O) groups is 3. The van der Waals surface area contributed by atoms with E-state index in [1.165, 1.54) is 43.4 Å². The van der Waals surface area contributed by atoms with Gasteiger partial charge in [0.25, 0.3) is 0 Å². The first-order valence-corrected chi connectivity index (χ1v) is 15.1. The van der Waals surface area contributed by atoms with Gasteiger partial charge in [-0.1, -0.05) is 31.4 Å². The molecule has 5 N–H and O–H groups in total. The maximum Gasteiger partial charge on any atom is 0.328 e. The molecule has 0 aromatic heterocycles. The zero-order valence-electron chi connectivity index (χ0n) is 26.2. The Hall–Kier alpha value is -3.40. The van der Waals surface area contributed by atoms with E-state index in [1.54, 1.807) is 12.1 Å². The van der Waals surface area contributed by atoms with Crippen molar-refractivity contribution in [3.63, 3.8) is 0 Å². The maximum atomic E-state index is 12.2. The molecule has 11 nitrogen and oxygen atoms in total. The second-order valence-electron chi connectivity index (χ2n) is 11.6. The van der Waals surface area contributed by atoms with Crippen LogP contribution >= 0.6 is 0 Å². The molecular formula is C32H51N3O8. The summed E-state index contributed by atoms with van der Waals surface area (Å²) >= 11 is 0. The lowest BCUT2D eigenvalue weighted by Crippen LogP contribution is -2.46. The standard InChI is InChI=1S/C16H20N2O5.C12H20O2.C4H11NO/c1-23-16(22)13-6-3-7-18(13)15(21)10-17-14(20)9-11-4-2-5-12(19)8-11;1-12(2,3)14-11(9-13)10-7-5-4-6-8-10;5-3-1-2-4-6/h2,4-5,8,13,19H,3,6-7,9-10H2,1H3,(H,17,20);10H,4-8H2,1-3H3;6H,1-5H2. The van der Waals surface area contributed by atoms with Gasteiger partial charge in [0, 0.05) is 19.1 Å². The molecule has 0 spiro atoms. The lowest BCUT2D eigenvalue weighted by atomic mass is 9.88. The van der Waals surface area contributed by atoms with E-state index in [9.17, 15) is 24.3 Å². The third kappa shape index (κ3) is 15.6. The van der Waals surface area contributed by atoms with E-state index in [-0.39, 0.29) is 42.7 Å². The van der Waals surface area contributed by atoms with E-state index >= 15 is 0 Å². The number of rotatable bonds is 10. The molecule has 1 heterocycles. The molecule has 1 atom stereocenters. The molecule has 1 aliphatic heterocycles. The highest BCUT2D eigenvalue weighted by Crippen LogP contribution is 2.31. The summed E-state index contributed by atoms with van der Waals surface area (Å²) in [5.74, 6) is 1.87. The molecule has 11 heteroatoms. The lowest BCUT2D eigenvalue weighted by Gasteiger charge is -2.28. The van der Waals surface area contributed by atoms with Crippen LogP contribution in [0.4, 0.5) is 0 Å². The molecule has 2 fully saturated rings. The molecular weight excluding hydrogens is 554 g/mol.